The van der Waals surface area contributed by atoms with Crippen LogP contribution in [-0.2, 0) is 11.1 Å². The lowest BCUT2D eigenvalue weighted by atomic mass is 10.5. The van der Waals surface area contributed by atoms with E-state index < -0.39 is 11.1 Å². The molecule has 11 heavy (non-hydrogen) atoms. The van der Waals surface area contributed by atoms with Crippen molar-refractivity contribution in [3.8, 4) is 0 Å². The average molecular weight is 174 g/mol. The van der Waals surface area contributed by atoms with E-state index in [1.54, 1.807) is 0 Å². The molecule has 1 N–H and O–H groups in total. The Bertz CT molecular complexity index is 171. The van der Waals surface area contributed by atoms with Gasteiger partial charge in [-0.2, -0.15) is 0 Å². The summed E-state index contributed by atoms with van der Waals surface area (Å²) in [5.74, 6) is 0. The van der Waals surface area contributed by atoms with Crippen molar-refractivity contribution in [3.05, 3.63) is 36.3 Å². The molecule has 0 rings (SSSR count). The van der Waals surface area contributed by atoms with E-state index in [1.165, 1.54) is 18.2 Å². The summed E-state index contributed by atoms with van der Waals surface area (Å²) in [6.07, 6.45) is 4.19. The molecule has 64 valence electrons. The predicted molar refractivity (Wildman–Crippen MR) is 50.6 cm³/mol. The van der Waals surface area contributed by atoms with Crippen molar-refractivity contribution >= 4 is 11.1 Å². The summed E-state index contributed by atoms with van der Waals surface area (Å²) in [5, 5.41) is 0. The highest BCUT2D eigenvalue weighted by Crippen LogP contribution is 1.98. The molecule has 3 heteroatoms. The normalized spacial score (nSPS) is 12.5. The summed E-state index contributed by atoms with van der Waals surface area (Å²) in [4.78, 5) is 0.269. The Morgan fingerprint density at radius 3 is 2.00 bits per heavy atom. The van der Waals surface area contributed by atoms with Gasteiger partial charge in [-0.1, -0.05) is 39.2 Å². The standard InChI is InChI=1S/C6H8O2S.C2H6/c1-3-5-6(4-2)9(7)8;1-2/h3-5H,1-2H2,(H,7,8);1-2H3/b6-5+;. The van der Waals surface area contributed by atoms with E-state index in [2.05, 4.69) is 13.2 Å². The molecular weight excluding hydrogens is 160 g/mol. The zero-order valence-electron chi connectivity index (χ0n) is 6.91. The van der Waals surface area contributed by atoms with Gasteiger partial charge >= 0.3 is 0 Å². The molecule has 0 heterocycles. The minimum Gasteiger partial charge on any atom is -0.302 e. The number of hydrogen-bond donors (Lipinski definition) is 1. The Morgan fingerprint density at radius 2 is 1.91 bits per heavy atom. The van der Waals surface area contributed by atoms with Crippen molar-refractivity contribution in [2.75, 3.05) is 0 Å². The third-order valence-electron chi connectivity index (χ3n) is 0.685. The highest BCUT2D eigenvalue weighted by molar-refractivity contribution is 7.83. The van der Waals surface area contributed by atoms with Crippen molar-refractivity contribution in [1.82, 2.24) is 0 Å². The van der Waals surface area contributed by atoms with Gasteiger partial charge in [-0.25, -0.2) is 4.21 Å². The maximum Gasteiger partial charge on any atom is 0.186 e. The Labute approximate surface area is 70.6 Å². The largest absolute Gasteiger partial charge is 0.302 e. The lowest BCUT2D eigenvalue weighted by Crippen LogP contribution is -1.86. The van der Waals surface area contributed by atoms with Crippen molar-refractivity contribution in [2.24, 2.45) is 0 Å². The summed E-state index contributed by atoms with van der Waals surface area (Å²) in [6.45, 7) is 10.7. The van der Waals surface area contributed by atoms with E-state index in [-0.39, 0.29) is 4.91 Å². The predicted octanol–water partition coefficient (Wildman–Crippen LogP) is 2.49. The highest BCUT2D eigenvalue weighted by atomic mass is 32.2. The van der Waals surface area contributed by atoms with E-state index in [4.69, 9.17) is 4.55 Å². The van der Waals surface area contributed by atoms with Crippen LogP contribution in [-0.4, -0.2) is 8.76 Å². The first-order valence-corrected chi connectivity index (χ1v) is 4.39. The Morgan fingerprint density at radius 1 is 1.45 bits per heavy atom. The van der Waals surface area contributed by atoms with E-state index in [0.717, 1.165) is 0 Å². The lowest BCUT2D eigenvalue weighted by Gasteiger charge is -1.88. The molecule has 0 aromatic carbocycles. The fraction of sp³-hybridized carbons (Fsp3) is 0.250. The van der Waals surface area contributed by atoms with Crippen LogP contribution in [0.4, 0.5) is 0 Å². The Balaban J connectivity index is 0. The van der Waals surface area contributed by atoms with Crippen LogP contribution in [0.3, 0.4) is 0 Å². The average Bonchev–Trinajstić information content (AvgIpc) is 2.03. The summed E-state index contributed by atoms with van der Waals surface area (Å²) < 4.78 is 18.7. The molecule has 0 amide bonds. The first kappa shape index (κ1) is 13.0. The molecule has 0 aromatic rings. The molecule has 0 radical (unpaired) electrons. The molecule has 0 fully saturated rings. The number of rotatable bonds is 3. The molecule has 0 saturated carbocycles. The number of hydrogen-bond acceptors (Lipinski definition) is 1. The zero-order valence-corrected chi connectivity index (χ0v) is 7.73. The van der Waals surface area contributed by atoms with Crippen molar-refractivity contribution in [2.45, 2.75) is 13.8 Å². The fourth-order valence-electron chi connectivity index (χ4n) is 0.314. The summed E-state index contributed by atoms with van der Waals surface area (Å²) in [7, 11) is 0. The molecule has 0 saturated heterocycles. The molecule has 0 aliphatic rings. The van der Waals surface area contributed by atoms with E-state index in [0.29, 0.717) is 0 Å². The second-order valence-electron chi connectivity index (χ2n) is 1.26. The summed E-state index contributed by atoms with van der Waals surface area (Å²) in [6, 6.07) is 0. The molecule has 1 atom stereocenters. The lowest BCUT2D eigenvalue weighted by molar-refractivity contribution is 0.572. The minimum absolute atomic E-state index is 0.269. The van der Waals surface area contributed by atoms with Crippen LogP contribution in [0.15, 0.2) is 36.3 Å². The van der Waals surface area contributed by atoms with Gasteiger partial charge < -0.3 is 4.55 Å². The Hall–Kier alpha value is -0.670. The van der Waals surface area contributed by atoms with Gasteiger partial charge in [-0.05, 0) is 6.08 Å². The van der Waals surface area contributed by atoms with Crippen LogP contribution in [0.1, 0.15) is 13.8 Å². The molecule has 1 unspecified atom stereocenters. The summed E-state index contributed by atoms with van der Waals surface area (Å²) >= 11 is -1.93. The maximum atomic E-state index is 10.2. The molecule has 0 aliphatic carbocycles. The second kappa shape index (κ2) is 9.33. The molecule has 0 bridgehead atoms. The first-order valence-electron chi connectivity index (χ1n) is 3.28. The van der Waals surface area contributed by atoms with Crippen molar-refractivity contribution in [1.29, 1.82) is 0 Å². The smallest absolute Gasteiger partial charge is 0.186 e. The number of allylic oxidation sites excluding steroid dienone is 3. The molecular formula is C8H14O2S. The third-order valence-corrected chi connectivity index (χ3v) is 1.39. The van der Waals surface area contributed by atoms with Crippen LogP contribution < -0.4 is 0 Å². The quantitative estimate of drug-likeness (QED) is 0.527. The first-order chi connectivity index (χ1) is 5.22. The molecule has 0 aliphatic heterocycles. The maximum absolute atomic E-state index is 10.2. The highest BCUT2D eigenvalue weighted by Gasteiger charge is 1.94. The molecule has 2 nitrogen and oxygen atoms in total. The SMILES string of the molecule is C=C/C=C(\C=C)S(=O)O.CC. The Kier molecular flexibility index (Phi) is 11.0. The van der Waals surface area contributed by atoms with Gasteiger partial charge in [0.15, 0.2) is 11.1 Å². The van der Waals surface area contributed by atoms with Gasteiger partial charge in [0.05, 0.1) is 4.91 Å². The van der Waals surface area contributed by atoms with E-state index in [9.17, 15) is 4.21 Å². The minimum atomic E-state index is -1.93. The van der Waals surface area contributed by atoms with Crippen LogP contribution in [0.25, 0.3) is 0 Å². The second-order valence-corrected chi connectivity index (χ2v) is 2.23. The van der Waals surface area contributed by atoms with Crippen LogP contribution in [0.2, 0.25) is 0 Å². The van der Waals surface area contributed by atoms with Gasteiger partial charge in [-0.3, -0.25) is 0 Å². The topological polar surface area (TPSA) is 37.3 Å². The zero-order chi connectivity index (χ0) is 9.28. The van der Waals surface area contributed by atoms with Gasteiger partial charge in [0, 0.05) is 0 Å². The van der Waals surface area contributed by atoms with Gasteiger partial charge in [0.1, 0.15) is 0 Å². The molecule has 0 aromatic heterocycles. The van der Waals surface area contributed by atoms with Gasteiger partial charge in [0.25, 0.3) is 0 Å². The van der Waals surface area contributed by atoms with Crippen LogP contribution in [0.5, 0.6) is 0 Å². The molecule has 0 spiro atoms. The van der Waals surface area contributed by atoms with Crippen LogP contribution >= 0.6 is 0 Å². The van der Waals surface area contributed by atoms with E-state index >= 15 is 0 Å². The van der Waals surface area contributed by atoms with E-state index in [1.807, 2.05) is 13.8 Å². The van der Waals surface area contributed by atoms with Crippen molar-refractivity contribution < 1.29 is 8.76 Å². The third kappa shape index (κ3) is 7.22. The van der Waals surface area contributed by atoms with Gasteiger partial charge in [-0.15, -0.1) is 0 Å². The fourth-order valence-corrected chi connectivity index (χ4v) is 0.669. The van der Waals surface area contributed by atoms with Crippen LogP contribution in [0, 0.1) is 0 Å². The van der Waals surface area contributed by atoms with Gasteiger partial charge in [0.2, 0.25) is 0 Å². The monoisotopic (exact) mass is 174 g/mol. The van der Waals surface area contributed by atoms with Crippen molar-refractivity contribution in [3.63, 3.8) is 0 Å². The summed E-state index contributed by atoms with van der Waals surface area (Å²) in [5.41, 5.74) is 0.